The molecule has 0 saturated heterocycles. The number of amides is 1. The maximum absolute atomic E-state index is 12.4. The molecule has 4 nitrogen and oxygen atoms in total. The molecule has 0 spiro atoms. The Morgan fingerprint density at radius 3 is 2.50 bits per heavy atom. The molecule has 1 aromatic carbocycles. The van der Waals surface area contributed by atoms with Crippen molar-refractivity contribution in [3.8, 4) is 0 Å². The number of hydrogen-bond donors (Lipinski definition) is 1. The number of carbonyl (C=O) groups excluding carboxylic acids is 1. The second kappa shape index (κ2) is 6.99. The first-order valence-electron chi connectivity index (χ1n) is 6.90. The minimum absolute atomic E-state index is 0.287. The summed E-state index contributed by atoms with van der Waals surface area (Å²) >= 11 is 0. The van der Waals surface area contributed by atoms with Gasteiger partial charge in [-0.05, 0) is 36.0 Å². The van der Waals surface area contributed by atoms with E-state index in [1.807, 2.05) is 33.8 Å². The second-order valence-electron chi connectivity index (χ2n) is 5.71. The molecule has 0 radical (unpaired) electrons. The van der Waals surface area contributed by atoms with E-state index in [-0.39, 0.29) is 12.3 Å². The highest BCUT2D eigenvalue weighted by molar-refractivity contribution is 7.91. The number of rotatable bonds is 5. The van der Waals surface area contributed by atoms with Crippen LogP contribution in [0.5, 0.6) is 0 Å². The monoisotopic (exact) mass is 296 g/mol. The van der Waals surface area contributed by atoms with E-state index in [1.165, 1.54) is 0 Å². The van der Waals surface area contributed by atoms with Crippen LogP contribution in [0, 0.1) is 5.92 Å². The maximum Gasteiger partial charge on any atom is 0.255 e. The molecule has 1 amide bonds. The molecule has 0 fully saturated rings. The van der Waals surface area contributed by atoms with Gasteiger partial charge in [0, 0.05) is 6.42 Å². The van der Waals surface area contributed by atoms with Gasteiger partial charge >= 0.3 is 0 Å². The van der Waals surface area contributed by atoms with Crippen molar-refractivity contribution < 1.29 is 9.00 Å². The Kier molecular flexibility index (Phi) is 5.89. The largest absolute Gasteiger partial charge is 0.272 e. The lowest BCUT2D eigenvalue weighted by Crippen LogP contribution is -2.15. The number of carbonyl (C=O) groups is 1. The van der Waals surface area contributed by atoms with E-state index in [4.69, 9.17) is 5.14 Å². The fourth-order valence-electron chi connectivity index (χ4n) is 1.72. The van der Waals surface area contributed by atoms with Gasteiger partial charge in [-0.1, -0.05) is 39.8 Å². The first-order chi connectivity index (χ1) is 9.22. The minimum Gasteiger partial charge on any atom is -0.272 e. The Morgan fingerprint density at radius 2 is 1.95 bits per heavy atom. The Labute approximate surface area is 122 Å². The van der Waals surface area contributed by atoms with Crippen LogP contribution in [0.3, 0.4) is 0 Å². The third-order valence-corrected chi connectivity index (χ3v) is 4.44. The number of nitrogens with two attached hydrogens (primary N) is 1. The van der Waals surface area contributed by atoms with E-state index in [2.05, 4.69) is 4.36 Å². The molecule has 2 N–H and O–H groups in total. The molecule has 0 aliphatic heterocycles. The Balaban J connectivity index is 3.00. The van der Waals surface area contributed by atoms with E-state index in [9.17, 15) is 9.00 Å². The SMILES string of the molecule is CC(C)CCC(=O)N=S(N)(=O)c1cccc(C(C)C)c1. The summed E-state index contributed by atoms with van der Waals surface area (Å²) in [5, 5.41) is 5.75. The van der Waals surface area contributed by atoms with Gasteiger partial charge in [-0.15, -0.1) is 4.36 Å². The average Bonchev–Trinajstić information content (AvgIpc) is 2.36. The van der Waals surface area contributed by atoms with Crippen molar-refractivity contribution in [2.24, 2.45) is 15.4 Å². The first-order valence-corrected chi connectivity index (χ1v) is 8.48. The molecule has 0 aliphatic carbocycles. The highest BCUT2D eigenvalue weighted by Crippen LogP contribution is 2.19. The van der Waals surface area contributed by atoms with E-state index in [0.29, 0.717) is 16.7 Å². The van der Waals surface area contributed by atoms with Crippen molar-refractivity contribution in [1.82, 2.24) is 0 Å². The van der Waals surface area contributed by atoms with Gasteiger partial charge in [0.05, 0.1) is 4.90 Å². The highest BCUT2D eigenvalue weighted by atomic mass is 32.2. The van der Waals surface area contributed by atoms with E-state index < -0.39 is 9.92 Å². The van der Waals surface area contributed by atoms with Gasteiger partial charge in [-0.2, -0.15) is 0 Å². The topological polar surface area (TPSA) is 72.5 Å². The lowest BCUT2D eigenvalue weighted by atomic mass is 10.0. The predicted octanol–water partition coefficient (Wildman–Crippen LogP) is 3.47. The van der Waals surface area contributed by atoms with E-state index in [1.54, 1.807) is 18.2 Å². The average molecular weight is 296 g/mol. The van der Waals surface area contributed by atoms with Crippen LogP contribution in [0.25, 0.3) is 0 Å². The first kappa shape index (κ1) is 16.9. The van der Waals surface area contributed by atoms with Crippen molar-refractivity contribution in [2.45, 2.75) is 51.3 Å². The molecular weight excluding hydrogens is 272 g/mol. The summed E-state index contributed by atoms with van der Waals surface area (Å²) in [7, 11) is -3.14. The molecule has 0 aliphatic rings. The van der Waals surface area contributed by atoms with E-state index >= 15 is 0 Å². The Morgan fingerprint density at radius 1 is 1.30 bits per heavy atom. The van der Waals surface area contributed by atoms with Crippen LogP contribution in [0.2, 0.25) is 0 Å². The van der Waals surface area contributed by atoms with Crippen molar-refractivity contribution in [3.05, 3.63) is 29.8 Å². The Hall–Kier alpha value is -1.20. The second-order valence-corrected chi connectivity index (χ2v) is 7.50. The third-order valence-electron chi connectivity index (χ3n) is 3.04. The van der Waals surface area contributed by atoms with Crippen LogP contribution < -0.4 is 5.14 Å². The summed E-state index contributed by atoms with van der Waals surface area (Å²) in [5.74, 6) is 0.329. The fraction of sp³-hybridized carbons (Fsp3) is 0.533. The zero-order valence-electron chi connectivity index (χ0n) is 12.6. The molecule has 0 aromatic heterocycles. The summed E-state index contributed by atoms with van der Waals surface area (Å²) in [4.78, 5) is 12.1. The molecule has 20 heavy (non-hydrogen) atoms. The summed E-state index contributed by atoms with van der Waals surface area (Å²) in [5.41, 5.74) is 1.03. The van der Waals surface area contributed by atoms with Gasteiger partial charge in [0.15, 0.2) is 0 Å². The van der Waals surface area contributed by atoms with Gasteiger partial charge in [-0.3, -0.25) is 4.79 Å². The summed E-state index contributed by atoms with van der Waals surface area (Å²) in [6.07, 6.45) is 1.01. The number of hydrogen-bond acceptors (Lipinski definition) is 2. The van der Waals surface area contributed by atoms with Gasteiger partial charge in [-0.25, -0.2) is 9.35 Å². The molecule has 5 heteroatoms. The summed E-state index contributed by atoms with van der Waals surface area (Å²) in [6, 6.07) is 7.18. The van der Waals surface area contributed by atoms with Crippen molar-refractivity contribution >= 4 is 15.8 Å². The Bertz CT molecular complexity index is 585. The molecule has 0 bridgehead atoms. The molecule has 0 saturated carbocycles. The van der Waals surface area contributed by atoms with Gasteiger partial charge in [0.1, 0.15) is 9.92 Å². The number of nitrogens with zero attached hydrogens (tertiary/aromatic N) is 1. The summed E-state index contributed by atoms with van der Waals surface area (Å²) in [6.45, 7) is 8.14. The lowest BCUT2D eigenvalue weighted by Gasteiger charge is -2.09. The fourth-order valence-corrected chi connectivity index (χ4v) is 2.80. The van der Waals surface area contributed by atoms with Crippen LogP contribution >= 0.6 is 0 Å². The number of benzene rings is 1. The van der Waals surface area contributed by atoms with Crippen molar-refractivity contribution in [3.63, 3.8) is 0 Å². The van der Waals surface area contributed by atoms with Gasteiger partial charge < -0.3 is 0 Å². The molecule has 1 rings (SSSR count). The van der Waals surface area contributed by atoms with Gasteiger partial charge in [0.25, 0.3) is 5.91 Å². The molecule has 1 unspecified atom stereocenters. The highest BCUT2D eigenvalue weighted by Gasteiger charge is 2.12. The molecule has 1 aromatic rings. The van der Waals surface area contributed by atoms with Crippen LogP contribution in [0.4, 0.5) is 0 Å². The molecule has 1 atom stereocenters. The van der Waals surface area contributed by atoms with Gasteiger partial charge in [0.2, 0.25) is 0 Å². The minimum atomic E-state index is -3.14. The molecule has 0 heterocycles. The van der Waals surface area contributed by atoms with Crippen LogP contribution in [-0.2, 0) is 14.7 Å². The van der Waals surface area contributed by atoms with Crippen LogP contribution in [-0.4, -0.2) is 10.1 Å². The zero-order chi connectivity index (χ0) is 15.3. The normalized spacial score (nSPS) is 14.3. The van der Waals surface area contributed by atoms with Crippen molar-refractivity contribution in [2.75, 3.05) is 0 Å². The molecule has 112 valence electrons. The maximum atomic E-state index is 12.4. The third kappa shape index (κ3) is 5.06. The van der Waals surface area contributed by atoms with Crippen molar-refractivity contribution in [1.29, 1.82) is 0 Å². The lowest BCUT2D eigenvalue weighted by molar-refractivity contribution is -0.117. The molecular formula is C15H24N2O2S. The summed E-state index contributed by atoms with van der Waals surface area (Å²) < 4.78 is 16.1. The van der Waals surface area contributed by atoms with E-state index in [0.717, 1.165) is 12.0 Å². The predicted molar refractivity (Wildman–Crippen MR) is 82.6 cm³/mol. The zero-order valence-corrected chi connectivity index (χ0v) is 13.4. The standard InChI is InChI=1S/C15H24N2O2S/c1-11(2)8-9-15(18)17-20(16,19)14-7-5-6-13(10-14)12(3)4/h5-7,10-12H,8-9H2,1-4H3,(H2,16,17,18,19). The van der Waals surface area contributed by atoms with Crippen LogP contribution in [0.15, 0.2) is 33.5 Å². The van der Waals surface area contributed by atoms with Crippen LogP contribution in [0.1, 0.15) is 52.0 Å². The quantitative estimate of drug-likeness (QED) is 0.903. The smallest absolute Gasteiger partial charge is 0.255 e.